The van der Waals surface area contributed by atoms with E-state index in [2.05, 4.69) is 26.6 Å². The Morgan fingerprint density at radius 2 is 1.79 bits per heavy atom. The molecule has 2 aromatic carbocycles. The summed E-state index contributed by atoms with van der Waals surface area (Å²) in [5, 5.41) is 6.41. The van der Waals surface area contributed by atoms with Gasteiger partial charge in [-0.15, -0.1) is 0 Å². The molecule has 4 rings (SSSR count). The summed E-state index contributed by atoms with van der Waals surface area (Å²) in [7, 11) is 0. The fourth-order valence-corrected chi connectivity index (χ4v) is 4.44. The Balaban J connectivity index is 1.79. The van der Waals surface area contributed by atoms with E-state index in [0.29, 0.717) is 12.0 Å². The normalized spacial score (nSPS) is 19.0. The lowest BCUT2D eigenvalue weighted by Gasteiger charge is -2.34. The summed E-state index contributed by atoms with van der Waals surface area (Å²) in [6.45, 7) is 3.88. The molecule has 2 aliphatic rings. The van der Waals surface area contributed by atoms with Gasteiger partial charge in [0.15, 0.2) is 5.78 Å². The molecule has 0 unspecified atom stereocenters. The number of dihydropyridines is 1. The summed E-state index contributed by atoms with van der Waals surface area (Å²) >= 11 is 3.48. The number of nitrogens with one attached hydrogen (secondary N) is 2. The summed E-state index contributed by atoms with van der Waals surface area (Å²) in [4.78, 5) is 26.3. The molecule has 2 N–H and O–H groups in total. The van der Waals surface area contributed by atoms with Crippen molar-refractivity contribution in [2.24, 2.45) is 0 Å². The molecule has 1 amide bonds. The van der Waals surface area contributed by atoms with Crippen LogP contribution >= 0.6 is 15.9 Å². The number of aryl methyl sites for hydroxylation is 1. The lowest BCUT2D eigenvalue weighted by molar-refractivity contribution is -0.116. The van der Waals surface area contributed by atoms with E-state index < -0.39 is 0 Å². The molecule has 0 saturated carbocycles. The van der Waals surface area contributed by atoms with Gasteiger partial charge in [-0.3, -0.25) is 9.59 Å². The smallest absolute Gasteiger partial charge is 0.254 e. The number of carbonyl (C=O) groups excluding carboxylic acids is 2. The van der Waals surface area contributed by atoms with Crippen molar-refractivity contribution in [2.75, 3.05) is 5.32 Å². The molecule has 1 aliphatic heterocycles. The van der Waals surface area contributed by atoms with Crippen LogP contribution in [0.3, 0.4) is 0 Å². The van der Waals surface area contributed by atoms with Gasteiger partial charge >= 0.3 is 0 Å². The van der Waals surface area contributed by atoms with Crippen LogP contribution in [0.4, 0.5) is 5.69 Å². The van der Waals surface area contributed by atoms with Gasteiger partial charge in [0.2, 0.25) is 0 Å². The van der Waals surface area contributed by atoms with Crippen molar-refractivity contribution in [1.29, 1.82) is 0 Å². The molecule has 1 atom stereocenters. The molecule has 1 heterocycles. The second kappa shape index (κ2) is 7.99. The van der Waals surface area contributed by atoms with E-state index in [1.54, 1.807) is 0 Å². The van der Waals surface area contributed by atoms with E-state index in [9.17, 15) is 9.59 Å². The third kappa shape index (κ3) is 3.79. The first-order valence-electron chi connectivity index (χ1n) is 9.82. The minimum atomic E-state index is -0.365. The molecular formula is C24H23BrN2O2. The van der Waals surface area contributed by atoms with Gasteiger partial charge in [0.05, 0.1) is 0 Å². The van der Waals surface area contributed by atoms with Crippen molar-refractivity contribution in [3.63, 3.8) is 0 Å². The van der Waals surface area contributed by atoms with Gasteiger partial charge in [0, 0.05) is 45.0 Å². The molecule has 148 valence electrons. The molecule has 29 heavy (non-hydrogen) atoms. The zero-order valence-electron chi connectivity index (χ0n) is 16.5. The summed E-state index contributed by atoms with van der Waals surface area (Å²) in [5.41, 5.74) is 5.82. The van der Waals surface area contributed by atoms with Crippen LogP contribution in [0, 0.1) is 6.92 Å². The van der Waals surface area contributed by atoms with Crippen LogP contribution in [-0.2, 0) is 9.59 Å². The molecular weight excluding hydrogens is 428 g/mol. The molecule has 0 bridgehead atoms. The standard InChI is InChI=1S/C24H23BrN2O2/c1-14-6-3-4-7-18(14)27-24(29)21-15(2)26-19-8-5-9-20(28)23(19)22(21)16-10-12-17(25)13-11-16/h3-4,6-7,10-13,22,26H,5,8-9H2,1-2H3,(H,27,29)/t22-/m1/s1. The Kier molecular flexibility index (Phi) is 5.41. The van der Waals surface area contributed by atoms with Crippen molar-refractivity contribution in [1.82, 2.24) is 5.32 Å². The predicted molar refractivity (Wildman–Crippen MR) is 118 cm³/mol. The van der Waals surface area contributed by atoms with E-state index in [1.807, 2.05) is 62.4 Å². The van der Waals surface area contributed by atoms with Crippen LogP contribution in [0.5, 0.6) is 0 Å². The van der Waals surface area contributed by atoms with Crippen LogP contribution in [0.1, 0.15) is 43.2 Å². The number of rotatable bonds is 3. The molecule has 2 aromatic rings. The number of carbonyl (C=O) groups is 2. The topological polar surface area (TPSA) is 58.2 Å². The highest BCUT2D eigenvalue weighted by Crippen LogP contribution is 2.42. The first kappa shape index (κ1) is 19.6. The molecule has 4 nitrogen and oxygen atoms in total. The molecule has 0 spiro atoms. The third-order valence-corrected chi connectivity index (χ3v) is 6.15. The van der Waals surface area contributed by atoms with E-state index in [-0.39, 0.29) is 17.6 Å². The Morgan fingerprint density at radius 3 is 2.52 bits per heavy atom. The van der Waals surface area contributed by atoms with Crippen LogP contribution < -0.4 is 10.6 Å². The maximum absolute atomic E-state index is 13.4. The first-order valence-corrected chi connectivity index (χ1v) is 10.6. The number of amides is 1. The fraction of sp³-hybridized carbons (Fsp3) is 0.250. The van der Waals surface area contributed by atoms with Gasteiger partial charge in [-0.2, -0.15) is 0 Å². The molecule has 0 aromatic heterocycles. The highest BCUT2D eigenvalue weighted by molar-refractivity contribution is 9.10. The van der Waals surface area contributed by atoms with Crippen LogP contribution in [0.15, 0.2) is 75.5 Å². The zero-order valence-corrected chi connectivity index (χ0v) is 18.1. The van der Waals surface area contributed by atoms with Crippen molar-refractivity contribution in [3.8, 4) is 0 Å². The number of hydrogen-bond acceptors (Lipinski definition) is 3. The van der Waals surface area contributed by atoms with Crippen molar-refractivity contribution >= 4 is 33.3 Å². The number of ketones is 1. The monoisotopic (exact) mass is 450 g/mol. The van der Waals surface area contributed by atoms with Crippen LogP contribution in [0.2, 0.25) is 0 Å². The number of hydrogen-bond donors (Lipinski definition) is 2. The summed E-state index contributed by atoms with van der Waals surface area (Å²) in [6, 6.07) is 15.6. The summed E-state index contributed by atoms with van der Waals surface area (Å²) in [6.07, 6.45) is 2.20. The highest BCUT2D eigenvalue weighted by Gasteiger charge is 2.38. The van der Waals surface area contributed by atoms with Crippen LogP contribution in [0.25, 0.3) is 0 Å². The second-order valence-electron chi connectivity index (χ2n) is 7.59. The average Bonchev–Trinajstić information content (AvgIpc) is 2.69. The van der Waals surface area contributed by atoms with E-state index in [1.165, 1.54) is 0 Å². The third-order valence-electron chi connectivity index (χ3n) is 5.62. The van der Waals surface area contributed by atoms with Gasteiger partial charge in [0.25, 0.3) is 5.91 Å². The van der Waals surface area contributed by atoms with Gasteiger partial charge in [-0.25, -0.2) is 0 Å². The number of Topliss-reactive ketones (excluding diaryl/α,β-unsaturated/α-hetero) is 1. The number of para-hydroxylation sites is 1. The minimum absolute atomic E-state index is 0.125. The van der Waals surface area contributed by atoms with Gasteiger partial charge in [0.1, 0.15) is 0 Å². The Bertz CT molecular complexity index is 1050. The lowest BCUT2D eigenvalue weighted by Crippen LogP contribution is -2.35. The Hall–Kier alpha value is -2.66. The van der Waals surface area contributed by atoms with E-state index >= 15 is 0 Å². The van der Waals surface area contributed by atoms with Gasteiger partial charge in [-0.05, 0) is 56.0 Å². The number of allylic oxidation sites excluding steroid dienone is 3. The molecule has 5 heteroatoms. The minimum Gasteiger partial charge on any atom is -0.362 e. The van der Waals surface area contributed by atoms with Gasteiger partial charge < -0.3 is 10.6 Å². The maximum atomic E-state index is 13.4. The molecule has 1 aliphatic carbocycles. The van der Waals surface area contributed by atoms with E-state index in [4.69, 9.17) is 0 Å². The molecule has 0 fully saturated rings. The predicted octanol–water partition coefficient (Wildman–Crippen LogP) is 5.36. The Labute approximate surface area is 179 Å². The number of benzene rings is 2. The lowest BCUT2D eigenvalue weighted by atomic mass is 9.75. The summed E-state index contributed by atoms with van der Waals surface area (Å²) in [5.74, 6) is -0.418. The van der Waals surface area contributed by atoms with Crippen molar-refractivity contribution in [2.45, 2.75) is 39.0 Å². The SMILES string of the molecule is CC1=C(C(=O)Nc2ccccc2C)[C@@H](c2ccc(Br)cc2)C2=C(CCCC2=O)N1. The van der Waals surface area contributed by atoms with Gasteiger partial charge in [-0.1, -0.05) is 46.3 Å². The van der Waals surface area contributed by atoms with Crippen molar-refractivity contribution < 1.29 is 9.59 Å². The number of anilines is 1. The maximum Gasteiger partial charge on any atom is 0.254 e. The number of halogens is 1. The fourth-order valence-electron chi connectivity index (χ4n) is 4.18. The summed E-state index contributed by atoms with van der Waals surface area (Å²) < 4.78 is 0.964. The quantitative estimate of drug-likeness (QED) is 0.660. The highest BCUT2D eigenvalue weighted by atomic mass is 79.9. The molecule has 0 radical (unpaired) electrons. The Morgan fingerprint density at radius 1 is 1.07 bits per heavy atom. The van der Waals surface area contributed by atoms with Crippen LogP contribution in [-0.4, -0.2) is 11.7 Å². The largest absolute Gasteiger partial charge is 0.362 e. The second-order valence-corrected chi connectivity index (χ2v) is 8.50. The van der Waals surface area contributed by atoms with E-state index in [0.717, 1.165) is 51.1 Å². The average molecular weight is 451 g/mol. The zero-order chi connectivity index (χ0) is 20.5. The first-order chi connectivity index (χ1) is 14.0. The molecule has 0 saturated heterocycles. The van der Waals surface area contributed by atoms with Crippen molar-refractivity contribution in [3.05, 3.63) is 86.7 Å².